The van der Waals surface area contributed by atoms with E-state index >= 15 is 0 Å². The first kappa shape index (κ1) is 12.0. The first-order valence-corrected chi connectivity index (χ1v) is 6.28. The smallest absolute Gasteiger partial charge is 0.257 e. The van der Waals surface area contributed by atoms with Gasteiger partial charge in [-0.3, -0.25) is 0 Å². The van der Waals surface area contributed by atoms with Crippen molar-refractivity contribution in [3.63, 3.8) is 0 Å². The Kier molecular flexibility index (Phi) is 3.61. The van der Waals surface area contributed by atoms with Crippen LogP contribution in [0.3, 0.4) is 0 Å². The number of hydrogen-bond acceptors (Lipinski definition) is 4. The summed E-state index contributed by atoms with van der Waals surface area (Å²) in [6.45, 7) is 1.81. The monoisotopic (exact) mass is 257 g/mol. The van der Waals surface area contributed by atoms with Gasteiger partial charge in [0.1, 0.15) is 19.3 Å². The number of benzene rings is 1. The van der Waals surface area contributed by atoms with Crippen LogP contribution in [0, 0.1) is 0 Å². The molecular weight excluding hydrogens is 242 g/mol. The third kappa shape index (κ3) is 3.45. The second-order valence-electron chi connectivity index (χ2n) is 4.35. The summed E-state index contributed by atoms with van der Waals surface area (Å²) < 4.78 is 16.4. The molecule has 2 aromatic rings. The van der Waals surface area contributed by atoms with Crippen molar-refractivity contribution in [3.05, 3.63) is 54.2 Å². The summed E-state index contributed by atoms with van der Waals surface area (Å²) in [6.07, 6.45) is 1.92. The lowest BCUT2D eigenvalue weighted by molar-refractivity contribution is 0.232. The van der Waals surface area contributed by atoms with Crippen molar-refractivity contribution in [1.82, 2.24) is 4.98 Å². The molecule has 1 aromatic heterocycles. The minimum Gasteiger partial charge on any atom is -0.485 e. The molecule has 4 heteroatoms. The van der Waals surface area contributed by atoms with Gasteiger partial charge >= 0.3 is 0 Å². The Morgan fingerprint density at radius 1 is 1.11 bits per heavy atom. The van der Waals surface area contributed by atoms with E-state index in [2.05, 4.69) is 4.98 Å². The SMILES string of the molecule is c1ccc(COc2ncccc2OCC2CO2)cc1. The highest BCUT2D eigenvalue weighted by atomic mass is 16.6. The lowest BCUT2D eigenvalue weighted by Crippen LogP contribution is -2.06. The van der Waals surface area contributed by atoms with E-state index in [-0.39, 0.29) is 6.10 Å². The van der Waals surface area contributed by atoms with Crippen molar-refractivity contribution in [1.29, 1.82) is 0 Å². The summed E-state index contributed by atoms with van der Waals surface area (Å²) in [5.41, 5.74) is 1.10. The lowest BCUT2D eigenvalue weighted by Gasteiger charge is -2.10. The summed E-state index contributed by atoms with van der Waals surface area (Å²) >= 11 is 0. The van der Waals surface area contributed by atoms with Crippen molar-refractivity contribution in [2.75, 3.05) is 13.2 Å². The molecule has 98 valence electrons. The second kappa shape index (κ2) is 5.71. The van der Waals surface area contributed by atoms with E-state index in [1.54, 1.807) is 6.20 Å². The molecule has 0 spiro atoms. The van der Waals surface area contributed by atoms with E-state index in [9.17, 15) is 0 Å². The molecule has 1 fully saturated rings. The zero-order chi connectivity index (χ0) is 12.9. The van der Waals surface area contributed by atoms with Gasteiger partial charge in [-0.15, -0.1) is 0 Å². The van der Waals surface area contributed by atoms with Crippen molar-refractivity contribution in [3.8, 4) is 11.6 Å². The fourth-order valence-corrected chi connectivity index (χ4v) is 1.67. The molecule has 0 N–H and O–H groups in total. The van der Waals surface area contributed by atoms with Gasteiger partial charge in [0.25, 0.3) is 5.88 Å². The highest BCUT2D eigenvalue weighted by Crippen LogP contribution is 2.25. The van der Waals surface area contributed by atoms with Crippen molar-refractivity contribution >= 4 is 0 Å². The molecule has 1 aliphatic heterocycles. The highest BCUT2D eigenvalue weighted by Gasteiger charge is 2.23. The van der Waals surface area contributed by atoms with E-state index in [1.165, 1.54) is 0 Å². The Hall–Kier alpha value is -2.07. The number of pyridine rings is 1. The fraction of sp³-hybridized carbons (Fsp3) is 0.267. The lowest BCUT2D eigenvalue weighted by atomic mass is 10.2. The van der Waals surface area contributed by atoms with E-state index in [1.807, 2.05) is 42.5 Å². The molecule has 2 heterocycles. The van der Waals surface area contributed by atoms with Crippen LogP contribution in [0.5, 0.6) is 11.6 Å². The first-order valence-electron chi connectivity index (χ1n) is 6.28. The Morgan fingerprint density at radius 2 is 1.95 bits per heavy atom. The molecule has 1 aromatic carbocycles. The third-order valence-corrected chi connectivity index (χ3v) is 2.78. The Morgan fingerprint density at radius 3 is 2.74 bits per heavy atom. The molecule has 1 atom stereocenters. The van der Waals surface area contributed by atoms with Crippen LogP contribution in [0.25, 0.3) is 0 Å². The normalized spacial score (nSPS) is 16.9. The molecule has 0 radical (unpaired) electrons. The van der Waals surface area contributed by atoms with E-state index in [4.69, 9.17) is 14.2 Å². The number of hydrogen-bond donors (Lipinski definition) is 0. The number of rotatable bonds is 6. The quantitative estimate of drug-likeness (QED) is 0.745. The minimum atomic E-state index is 0.224. The van der Waals surface area contributed by atoms with Gasteiger partial charge in [-0.05, 0) is 17.7 Å². The Bertz CT molecular complexity index is 526. The Balaban J connectivity index is 1.62. The Labute approximate surface area is 112 Å². The summed E-state index contributed by atoms with van der Waals surface area (Å²) in [7, 11) is 0. The van der Waals surface area contributed by atoms with Gasteiger partial charge in [-0.2, -0.15) is 0 Å². The molecule has 1 aliphatic rings. The van der Waals surface area contributed by atoms with Gasteiger partial charge in [-0.25, -0.2) is 4.98 Å². The van der Waals surface area contributed by atoms with Gasteiger partial charge in [0.2, 0.25) is 0 Å². The van der Waals surface area contributed by atoms with Crippen LogP contribution in [0.4, 0.5) is 0 Å². The maximum atomic E-state index is 5.70. The summed E-state index contributed by atoms with van der Waals surface area (Å²) in [6, 6.07) is 13.7. The predicted molar refractivity (Wildman–Crippen MR) is 70.2 cm³/mol. The van der Waals surface area contributed by atoms with Crippen LogP contribution in [0.15, 0.2) is 48.7 Å². The first-order chi connectivity index (χ1) is 9.42. The van der Waals surface area contributed by atoms with Gasteiger partial charge in [0, 0.05) is 6.20 Å². The van der Waals surface area contributed by atoms with Crippen LogP contribution in [0.1, 0.15) is 5.56 Å². The molecule has 4 nitrogen and oxygen atoms in total. The topological polar surface area (TPSA) is 43.9 Å². The predicted octanol–water partition coefficient (Wildman–Crippen LogP) is 2.44. The third-order valence-electron chi connectivity index (χ3n) is 2.78. The minimum absolute atomic E-state index is 0.224. The van der Waals surface area contributed by atoms with Crippen LogP contribution in [-0.4, -0.2) is 24.3 Å². The summed E-state index contributed by atoms with van der Waals surface area (Å²) in [5, 5.41) is 0. The molecule has 0 bridgehead atoms. The van der Waals surface area contributed by atoms with Crippen LogP contribution < -0.4 is 9.47 Å². The number of ether oxygens (including phenoxy) is 3. The zero-order valence-electron chi connectivity index (χ0n) is 10.5. The standard InChI is InChI=1S/C15H15NO3/c1-2-5-12(6-3-1)9-19-15-14(7-4-8-16-15)18-11-13-10-17-13/h1-8,13H,9-11H2. The van der Waals surface area contributed by atoms with Crippen molar-refractivity contribution in [2.45, 2.75) is 12.7 Å². The molecule has 0 saturated carbocycles. The average Bonchev–Trinajstić information content (AvgIpc) is 3.29. The fourth-order valence-electron chi connectivity index (χ4n) is 1.67. The zero-order valence-corrected chi connectivity index (χ0v) is 10.5. The largest absolute Gasteiger partial charge is 0.485 e. The van der Waals surface area contributed by atoms with Crippen LogP contribution >= 0.6 is 0 Å². The summed E-state index contributed by atoms with van der Waals surface area (Å²) in [4.78, 5) is 4.20. The number of epoxide rings is 1. The molecule has 3 rings (SSSR count). The van der Waals surface area contributed by atoms with Gasteiger partial charge in [0.05, 0.1) is 6.61 Å². The van der Waals surface area contributed by atoms with Gasteiger partial charge < -0.3 is 14.2 Å². The molecular formula is C15H15NO3. The van der Waals surface area contributed by atoms with Crippen LogP contribution in [0.2, 0.25) is 0 Å². The van der Waals surface area contributed by atoms with Gasteiger partial charge in [0.15, 0.2) is 5.75 Å². The van der Waals surface area contributed by atoms with Crippen LogP contribution in [-0.2, 0) is 11.3 Å². The maximum Gasteiger partial charge on any atom is 0.257 e. The van der Waals surface area contributed by atoms with Crippen molar-refractivity contribution in [2.24, 2.45) is 0 Å². The number of nitrogens with zero attached hydrogens (tertiary/aromatic N) is 1. The molecule has 0 amide bonds. The average molecular weight is 257 g/mol. The summed E-state index contributed by atoms with van der Waals surface area (Å²) in [5.74, 6) is 1.18. The second-order valence-corrected chi connectivity index (χ2v) is 4.35. The van der Waals surface area contributed by atoms with E-state index in [0.29, 0.717) is 24.8 Å². The van der Waals surface area contributed by atoms with E-state index < -0.39 is 0 Å². The maximum absolute atomic E-state index is 5.70. The van der Waals surface area contributed by atoms with Gasteiger partial charge in [-0.1, -0.05) is 30.3 Å². The highest BCUT2D eigenvalue weighted by molar-refractivity contribution is 5.32. The molecule has 0 aliphatic carbocycles. The van der Waals surface area contributed by atoms with Crippen molar-refractivity contribution < 1.29 is 14.2 Å². The molecule has 19 heavy (non-hydrogen) atoms. The molecule has 1 saturated heterocycles. The van der Waals surface area contributed by atoms with E-state index in [0.717, 1.165) is 12.2 Å². The number of aromatic nitrogens is 1. The molecule has 1 unspecified atom stereocenters.